The lowest BCUT2D eigenvalue weighted by atomic mass is 9.83. The molecule has 1 fully saturated rings. The minimum atomic E-state index is -0.968. The summed E-state index contributed by atoms with van der Waals surface area (Å²) in [6.45, 7) is 4.64. The molecule has 0 aromatic rings. The SMILES string of the molecule is CC.NCC1CC(F)(P)C1. The van der Waals surface area contributed by atoms with Crippen molar-refractivity contribution in [3.8, 4) is 0 Å². The summed E-state index contributed by atoms with van der Waals surface area (Å²) in [6.07, 6.45) is 1.27. The van der Waals surface area contributed by atoms with Crippen LogP contribution >= 0.6 is 9.24 Å². The Kier molecular flexibility index (Phi) is 4.39. The van der Waals surface area contributed by atoms with Crippen molar-refractivity contribution >= 4 is 9.24 Å². The quantitative estimate of drug-likeness (QED) is 0.590. The summed E-state index contributed by atoms with van der Waals surface area (Å²) in [6, 6.07) is 0. The third-order valence-corrected chi connectivity index (χ3v) is 2.06. The molecule has 10 heavy (non-hydrogen) atoms. The first-order valence-electron chi connectivity index (χ1n) is 3.82. The highest BCUT2D eigenvalue weighted by atomic mass is 31.0. The fraction of sp³-hybridized carbons (Fsp3) is 1.00. The van der Waals surface area contributed by atoms with Crippen molar-refractivity contribution < 1.29 is 4.39 Å². The number of hydrogen-bond acceptors (Lipinski definition) is 1. The zero-order valence-electron chi connectivity index (χ0n) is 6.73. The highest BCUT2D eigenvalue weighted by Crippen LogP contribution is 2.45. The molecule has 0 saturated heterocycles. The van der Waals surface area contributed by atoms with Crippen LogP contribution in [-0.2, 0) is 0 Å². The highest BCUT2D eigenvalue weighted by Gasteiger charge is 2.39. The van der Waals surface area contributed by atoms with Crippen molar-refractivity contribution in [1.82, 2.24) is 0 Å². The maximum atomic E-state index is 12.5. The van der Waals surface area contributed by atoms with Gasteiger partial charge in [-0.25, -0.2) is 4.39 Å². The second kappa shape index (κ2) is 4.25. The molecule has 0 heterocycles. The van der Waals surface area contributed by atoms with E-state index in [4.69, 9.17) is 5.73 Å². The van der Waals surface area contributed by atoms with Gasteiger partial charge in [-0.3, -0.25) is 0 Å². The largest absolute Gasteiger partial charge is 0.330 e. The first-order valence-corrected chi connectivity index (χ1v) is 4.40. The Morgan fingerprint density at radius 2 is 2.00 bits per heavy atom. The molecular formula is C7H17FNP. The van der Waals surface area contributed by atoms with Gasteiger partial charge in [-0.2, -0.15) is 0 Å². The molecular weight excluding hydrogens is 148 g/mol. The van der Waals surface area contributed by atoms with E-state index >= 15 is 0 Å². The Hall–Kier alpha value is 0.320. The molecule has 1 aliphatic carbocycles. The molecule has 1 atom stereocenters. The van der Waals surface area contributed by atoms with Crippen LogP contribution in [-0.4, -0.2) is 12.0 Å². The zero-order valence-corrected chi connectivity index (χ0v) is 7.89. The first-order chi connectivity index (χ1) is 4.64. The van der Waals surface area contributed by atoms with Crippen LogP contribution in [0.25, 0.3) is 0 Å². The zero-order chi connectivity index (χ0) is 8.20. The van der Waals surface area contributed by atoms with Gasteiger partial charge in [0.05, 0.1) is 0 Å². The lowest BCUT2D eigenvalue weighted by molar-refractivity contribution is 0.101. The van der Waals surface area contributed by atoms with Gasteiger partial charge >= 0.3 is 0 Å². The van der Waals surface area contributed by atoms with Crippen LogP contribution in [0.3, 0.4) is 0 Å². The molecule has 1 nitrogen and oxygen atoms in total. The van der Waals surface area contributed by atoms with E-state index in [1.54, 1.807) is 0 Å². The van der Waals surface area contributed by atoms with Gasteiger partial charge in [0.15, 0.2) is 0 Å². The number of rotatable bonds is 1. The summed E-state index contributed by atoms with van der Waals surface area (Å²) in [5, 5.41) is -0.968. The average Bonchev–Trinajstić information content (AvgIpc) is 1.87. The van der Waals surface area contributed by atoms with E-state index in [2.05, 4.69) is 9.24 Å². The lowest BCUT2D eigenvalue weighted by Gasteiger charge is -2.37. The van der Waals surface area contributed by atoms with Crippen LogP contribution in [0.1, 0.15) is 26.7 Å². The van der Waals surface area contributed by atoms with Crippen LogP contribution in [0, 0.1) is 5.92 Å². The molecule has 0 bridgehead atoms. The van der Waals surface area contributed by atoms with E-state index in [1.165, 1.54) is 0 Å². The Balaban J connectivity index is 0.000000371. The van der Waals surface area contributed by atoms with Crippen LogP contribution < -0.4 is 5.73 Å². The molecule has 0 radical (unpaired) electrons. The van der Waals surface area contributed by atoms with Crippen molar-refractivity contribution in [3.05, 3.63) is 0 Å². The van der Waals surface area contributed by atoms with Gasteiger partial charge in [-0.1, -0.05) is 23.1 Å². The van der Waals surface area contributed by atoms with Crippen molar-refractivity contribution in [2.75, 3.05) is 6.54 Å². The van der Waals surface area contributed by atoms with Gasteiger partial charge in [-0.15, -0.1) is 0 Å². The normalized spacial score (nSPS) is 37.5. The lowest BCUT2D eigenvalue weighted by Crippen LogP contribution is -2.37. The summed E-state index contributed by atoms with van der Waals surface area (Å²) in [5.74, 6) is 0.442. The molecule has 1 rings (SSSR count). The highest BCUT2D eigenvalue weighted by molar-refractivity contribution is 7.18. The van der Waals surface area contributed by atoms with Gasteiger partial charge in [0.2, 0.25) is 0 Å². The van der Waals surface area contributed by atoms with E-state index < -0.39 is 5.41 Å². The topological polar surface area (TPSA) is 26.0 Å². The van der Waals surface area contributed by atoms with Gasteiger partial charge in [-0.05, 0) is 25.3 Å². The maximum absolute atomic E-state index is 12.5. The Labute approximate surface area is 64.8 Å². The average molecular weight is 165 g/mol. The molecule has 2 N–H and O–H groups in total. The van der Waals surface area contributed by atoms with E-state index in [9.17, 15) is 4.39 Å². The van der Waals surface area contributed by atoms with Crippen molar-refractivity contribution in [3.63, 3.8) is 0 Å². The van der Waals surface area contributed by atoms with Crippen LogP contribution in [0.2, 0.25) is 0 Å². The molecule has 1 saturated carbocycles. The van der Waals surface area contributed by atoms with E-state index in [-0.39, 0.29) is 0 Å². The summed E-state index contributed by atoms with van der Waals surface area (Å²) >= 11 is 0. The minimum absolute atomic E-state index is 0.442. The molecule has 3 heteroatoms. The molecule has 1 aliphatic rings. The molecule has 1 unspecified atom stereocenters. The molecule has 0 spiro atoms. The Morgan fingerprint density at radius 3 is 2.10 bits per heavy atom. The Bertz CT molecular complexity index is 87.6. The van der Waals surface area contributed by atoms with Crippen LogP contribution in [0.4, 0.5) is 4.39 Å². The third-order valence-electron chi connectivity index (χ3n) is 1.59. The number of hydrogen-bond donors (Lipinski definition) is 1. The van der Waals surface area contributed by atoms with Crippen molar-refractivity contribution in [1.29, 1.82) is 0 Å². The summed E-state index contributed by atoms with van der Waals surface area (Å²) in [7, 11) is 2.21. The second-order valence-electron chi connectivity index (χ2n) is 2.54. The summed E-state index contributed by atoms with van der Waals surface area (Å²) < 4.78 is 12.5. The summed E-state index contributed by atoms with van der Waals surface area (Å²) in [5.41, 5.74) is 5.28. The van der Waals surface area contributed by atoms with Crippen LogP contribution in [0.5, 0.6) is 0 Å². The maximum Gasteiger partial charge on any atom is 0.124 e. The van der Waals surface area contributed by atoms with E-state index in [0.717, 1.165) is 0 Å². The minimum Gasteiger partial charge on any atom is -0.330 e. The Morgan fingerprint density at radius 1 is 1.60 bits per heavy atom. The monoisotopic (exact) mass is 165 g/mol. The fourth-order valence-corrected chi connectivity index (χ4v) is 1.73. The molecule has 0 aromatic heterocycles. The van der Waals surface area contributed by atoms with Crippen molar-refractivity contribution in [2.24, 2.45) is 11.7 Å². The number of nitrogens with two attached hydrogens (primary N) is 1. The molecule has 0 amide bonds. The standard InChI is InChI=1S/C5H11FNP.C2H6/c6-5(8)1-4(2-5)3-7;1-2/h4H,1-3,7-8H2;1-2H3. The number of alkyl halides is 1. The summed E-state index contributed by atoms with van der Waals surface area (Å²) in [4.78, 5) is 0. The van der Waals surface area contributed by atoms with E-state index in [0.29, 0.717) is 25.3 Å². The second-order valence-corrected chi connectivity index (χ2v) is 3.58. The third kappa shape index (κ3) is 2.94. The molecule has 62 valence electrons. The number of halogens is 1. The molecule has 0 aromatic carbocycles. The van der Waals surface area contributed by atoms with Crippen LogP contribution in [0.15, 0.2) is 0 Å². The van der Waals surface area contributed by atoms with Gasteiger partial charge in [0.1, 0.15) is 5.41 Å². The van der Waals surface area contributed by atoms with Gasteiger partial charge in [0.25, 0.3) is 0 Å². The predicted molar refractivity (Wildman–Crippen MR) is 46.7 cm³/mol. The van der Waals surface area contributed by atoms with Gasteiger partial charge in [0, 0.05) is 0 Å². The van der Waals surface area contributed by atoms with Crippen molar-refractivity contribution in [2.45, 2.75) is 32.1 Å². The first kappa shape index (κ1) is 10.3. The van der Waals surface area contributed by atoms with E-state index in [1.807, 2.05) is 13.8 Å². The smallest absolute Gasteiger partial charge is 0.124 e. The fourth-order valence-electron chi connectivity index (χ4n) is 1.07. The predicted octanol–water partition coefficient (Wildman–Crippen LogP) is 1.92. The van der Waals surface area contributed by atoms with Gasteiger partial charge < -0.3 is 5.73 Å². The molecule has 0 aliphatic heterocycles.